The van der Waals surface area contributed by atoms with E-state index in [-0.39, 0.29) is 0 Å². The van der Waals surface area contributed by atoms with Crippen molar-refractivity contribution in [1.82, 2.24) is 20.4 Å². The van der Waals surface area contributed by atoms with Crippen molar-refractivity contribution >= 4 is 0 Å². The number of hydrogen-bond donors (Lipinski definition) is 1. The van der Waals surface area contributed by atoms with E-state index in [2.05, 4.69) is 27.3 Å². The van der Waals surface area contributed by atoms with Crippen LogP contribution in [-0.4, -0.2) is 40.7 Å². The number of hydrogen-bond acceptors (Lipinski definition) is 5. The van der Waals surface area contributed by atoms with Crippen LogP contribution in [0.4, 0.5) is 0 Å². The second-order valence-electron chi connectivity index (χ2n) is 4.29. The molecule has 0 aliphatic carbocycles. The summed E-state index contributed by atoms with van der Waals surface area (Å²) in [6.07, 6.45) is 5.07. The smallest absolute Gasteiger partial charge is 0.240 e. The molecule has 0 unspecified atom stereocenters. The average molecular weight is 224 g/mol. The van der Waals surface area contributed by atoms with Crippen molar-refractivity contribution in [2.45, 2.75) is 38.8 Å². The molecule has 0 atom stereocenters. The molecular formula is C11H20N4O. The van der Waals surface area contributed by atoms with Crippen molar-refractivity contribution in [2.24, 2.45) is 0 Å². The van der Waals surface area contributed by atoms with Gasteiger partial charge in [-0.25, -0.2) is 0 Å². The van der Waals surface area contributed by atoms with E-state index < -0.39 is 0 Å². The molecule has 1 saturated heterocycles. The van der Waals surface area contributed by atoms with Crippen LogP contribution in [0.15, 0.2) is 10.9 Å². The highest BCUT2D eigenvalue weighted by Crippen LogP contribution is 2.14. The fourth-order valence-electron chi connectivity index (χ4n) is 2.29. The Balaban J connectivity index is 1.92. The summed E-state index contributed by atoms with van der Waals surface area (Å²) in [6.45, 7) is 6.34. The van der Waals surface area contributed by atoms with E-state index in [1.165, 1.54) is 19.2 Å². The minimum absolute atomic E-state index is 0.660. The molecule has 0 amide bonds. The molecule has 1 fully saturated rings. The van der Waals surface area contributed by atoms with Crippen molar-refractivity contribution in [3.8, 4) is 0 Å². The molecule has 0 bridgehead atoms. The van der Waals surface area contributed by atoms with E-state index in [9.17, 15) is 0 Å². The van der Waals surface area contributed by atoms with Gasteiger partial charge in [0, 0.05) is 6.04 Å². The molecule has 0 radical (unpaired) electrons. The summed E-state index contributed by atoms with van der Waals surface area (Å²) in [6, 6.07) is 0.660. The van der Waals surface area contributed by atoms with Gasteiger partial charge in [-0.2, -0.15) is 4.98 Å². The standard InChI is InChI=1S/C11H20N4O/c1-2-7-15(8-11-13-9-14-16-11)10-3-5-12-6-4-10/h9-10,12H,2-8H2,1H3. The van der Waals surface area contributed by atoms with Gasteiger partial charge in [-0.15, -0.1) is 0 Å². The Morgan fingerprint density at radius 2 is 2.31 bits per heavy atom. The summed E-state index contributed by atoms with van der Waals surface area (Å²) in [5.74, 6) is 0.729. The molecule has 16 heavy (non-hydrogen) atoms. The zero-order valence-electron chi connectivity index (χ0n) is 9.85. The molecule has 2 rings (SSSR count). The minimum Gasteiger partial charge on any atom is -0.338 e. The number of nitrogens with one attached hydrogen (secondary N) is 1. The lowest BCUT2D eigenvalue weighted by Crippen LogP contribution is -2.43. The van der Waals surface area contributed by atoms with Crippen LogP contribution in [-0.2, 0) is 6.54 Å². The van der Waals surface area contributed by atoms with Crippen LogP contribution in [0.3, 0.4) is 0 Å². The third-order valence-corrected chi connectivity index (χ3v) is 3.08. The quantitative estimate of drug-likeness (QED) is 0.809. The number of aromatic nitrogens is 2. The maximum atomic E-state index is 5.08. The van der Waals surface area contributed by atoms with Crippen molar-refractivity contribution in [1.29, 1.82) is 0 Å². The van der Waals surface area contributed by atoms with E-state index in [0.717, 1.165) is 38.5 Å². The highest BCUT2D eigenvalue weighted by atomic mass is 16.5. The van der Waals surface area contributed by atoms with Gasteiger partial charge in [-0.1, -0.05) is 12.1 Å². The van der Waals surface area contributed by atoms with Gasteiger partial charge in [-0.05, 0) is 38.9 Å². The third-order valence-electron chi connectivity index (χ3n) is 3.08. The zero-order chi connectivity index (χ0) is 11.2. The molecule has 2 heterocycles. The molecule has 0 spiro atoms. The summed E-state index contributed by atoms with van der Waals surface area (Å²) < 4.78 is 5.08. The lowest BCUT2D eigenvalue weighted by atomic mass is 10.0. The Labute approximate surface area is 96.2 Å². The highest BCUT2D eigenvalue weighted by molar-refractivity contribution is 4.82. The van der Waals surface area contributed by atoms with Crippen LogP contribution in [0.2, 0.25) is 0 Å². The summed E-state index contributed by atoms with van der Waals surface area (Å²) in [5, 5.41) is 7.05. The molecule has 1 aromatic heterocycles. The van der Waals surface area contributed by atoms with Gasteiger partial charge in [0.2, 0.25) is 5.89 Å². The van der Waals surface area contributed by atoms with E-state index in [0.29, 0.717) is 6.04 Å². The van der Waals surface area contributed by atoms with Gasteiger partial charge in [0.05, 0.1) is 6.54 Å². The minimum atomic E-state index is 0.660. The molecule has 0 saturated carbocycles. The Morgan fingerprint density at radius 1 is 1.50 bits per heavy atom. The number of nitrogens with zero attached hydrogens (tertiary/aromatic N) is 3. The summed E-state index contributed by atoms with van der Waals surface area (Å²) >= 11 is 0. The van der Waals surface area contributed by atoms with Gasteiger partial charge in [0.15, 0.2) is 6.33 Å². The first-order chi connectivity index (χ1) is 7.90. The van der Waals surface area contributed by atoms with E-state index >= 15 is 0 Å². The van der Waals surface area contributed by atoms with Crippen LogP contribution in [0, 0.1) is 0 Å². The van der Waals surface area contributed by atoms with Crippen LogP contribution >= 0.6 is 0 Å². The molecule has 1 aliphatic heterocycles. The monoisotopic (exact) mass is 224 g/mol. The molecule has 5 nitrogen and oxygen atoms in total. The summed E-state index contributed by atoms with van der Waals surface area (Å²) in [4.78, 5) is 6.56. The number of rotatable bonds is 5. The van der Waals surface area contributed by atoms with Crippen LogP contribution in [0.25, 0.3) is 0 Å². The van der Waals surface area contributed by atoms with Crippen LogP contribution < -0.4 is 5.32 Å². The first kappa shape index (κ1) is 11.5. The maximum absolute atomic E-state index is 5.08. The Hall–Kier alpha value is -0.940. The van der Waals surface area contributed by atoms with Gasteiger partial charge in [0.1, 0.15) is 0 Å². The molecule has 1 N–H and O–H groups in total. The second kappa shape index (κ2) is 5.96. The second-order valence-corrected chi connectivity index (χ2v) is 4.29. The SMILES string of the molecule is CCCN(Cc1ncno1)C1CCNCC1. The van der Waals surface area contributed by atoms with E-state index in [1.54, 1.807) is 0 Å². The Kier molecular flexibility index (Phi) is 4.30. The lowest BCUT2D eigenvalue weighted by molar-refractivity contribution is 0.137. The topological polar surface area (TPSA) is 54.2 Å². The Morgan fingerprint density at radius 3 is 2.94 bits per heavy atom. The maximum Gasteiger partial charge on any atom is 0.240 e. The third kappa shape index (κ3) is 3.02. The normalized spacial score (nSPS) is 18.1. The van der Waals surface area contributed by atoms with Gasteiger partial charge in [0.25, 0.3) is 0 Å². The predicted molar refractivity (Wildman–Crippen MR) is 60.9 cm³/mol. The molecule has 0 aromatic carbocycles. The molecule has 1 aliphatic rings. The van der Waals surface area contributed by atoms with Gasteiger partial charge >= 0.3 is 0 Å². The van der Waals surface area contributed by atoms with Gasteiger partial charge < -0.3 is 9.84 Å². The largest absolute Gasteiger partial charge is 0.338 e. The molecular weight excluding hydrogens is 204 g/mol. The van der Waals surface area contributed by atoms with Crippen molar-refractivity contribution < 1.29 is 4.52 Å². The first-order valence-corrected chi connectivity index (χ1v) is 6.10. The molecule has 1 aromatic rings. The summed E-state index contributed by atoms with van der Waals surface area (Å²) in [7, 11) is 0. The molecule has 5 heteroatoms. The van der Waals surface area contributed by atoms with Crippen molar-refractivity contribution in [2.75, 3.05) is 19.6 Å². The van der Waals surface area contributed by atoms with Gasteiger partial charge in [-0.3, -0.25) is 4.90 Å². The van der Waals surface area contributed by atoms with Crippen molar-refractivity contribution in [3.63, 3.8) is 0 Å². The first-order valence-electron chi connectivity index (χ1n) is 6.10. The van der Waals surface area contributed by atoms with Crippen LogP contribution in [0.1, 0.15) is 32.1 Å². The molecule has 90 valence electrons. The summed E-state index contributed by atoms with van der Waals surface area (Å²) in [5.41, 5.74) is 0. The Bertz CT molecular complexity index is 282. The highest BCUT2D eigenvalue weighted by Gasteiger charge is 2.21. The predicted octanol–water partition coefficient (Wildman–Crippen LogP) is 1.03. The van der Waals surface area contributed by atoms with Crippen molar-refractivity contribution in [3.05, 3.63) is 12.2 Å². The number of piperidine rings is 1. The van der Waals surface area contributed by atoms with E-state index in [4.69, 9.17) is 4.52 Å². The average Bonchev–Trinajstić information content (AvgIpc) is 2.83. The van der Waals surface area contributed by atoms with E-state index in [1.807, 2.05) is 0 Å². The van der Waals surface area contributed by atoms with Crippen LogP contribution in [0.5, 0.6) is 0 Å². The zero-order valence-corrected chi connectivity index (χ0v) is 9.85. The fourth-order valence-corrected chi connectivity index (χ4v) is 2.29. The lowest BCUT2D eigenvalue weighted by Gasteiger charge is -2.33. The fraction of sp³-hybridized carbons (Fsp3) is 0.818.